The monoisotopic (exact) mass is 316 g/mol. The van der Waals surface area contributed by atoms with Crippen LogP contribution in [0.2, 0.25) is 0 Å². The number of amides is 1. The normalized spacial score (nSPS) is 10.8. The van der Waals surface area contributed by atoms with E-state index in [1.165, 1.54) is 4.90 Å². The Morgan fingerprint density at radius 1 is 1.26 bits per heavy atom. The first-order chi connectivity index (χ1) is 10.9. The summed E-state index contributed by atoms with van der Waals surface area (Å²) in [6, 6.07) is 9.26. The zero-order valence-electron chi connectivity index (χ0n) is 13.4. The number of carbonyl (C=O) groups excluding carboxylic acids is 1. The quantitative estimate of drug-likeness (QED) is 0.886. The molecule has 0 fully saturated rings. The summed E-state index contributed by atoms with van der Waals surface area (Å²) in [5.41, 5.74) is 1.22. The summed E-state index contributed by atoms with van der Waals surface area (Å²) in [6.45, 7) is 5.50. The Morgan fingerprint density at radius 3 is 2.48 bits per heavy atom. The van der Waals surface area contributed by atoms with Gasteiger partial charge in [-0.15, -0.1) is 0 Å². The highest BCUT2D eigenvalue weighted by molar-refractivity contribution is 5.94. The van der Waals surface area contributed by atoms with E-state index >= 15 is 0 Å². The number of aliphatic carboxylic acids is 1. The highest BCUT2D eigenvalue weighted by atomic mass is 16.4. The topological polar surface area (TPSA) is 83.6 Å². The number of hydrogen-bond donors (Lipinski definition) is 1. The highest BCUT2D eigenvalue weighted by Gasteiger charge is 2.25. The van der Waals surface area contributed by atoms with Crippen LogP contribution in [-0.2, 0) is 4.79 Å². The molecule has 122 valence electrons. The predicted molar refractivity (Wildman–Crippen MR) is 85.1 cm³/mol. The molecular weight excluding hydrogens is 296 g/mol. The van der Waals surface area contributed by atoms with Gasteiger partial charge in [0.2, 0.25) is 11.7 Å². The summed E-state index contributed by atoms with van der Waals surface area (Å²) in [5, 5.41) is 9.00. The number of rotatable bonds is 6. The molecule has 1 N–H and O–H groups in total. The van der Waals surface area contributed by atoms with E-state index in [0.29, 0.717) is 18.1 Å². The number of carbonyl (C=O) groups is 2. The smallest absolute Gasteiger partial charge is 0.323 e. The number of hydrogen-bond acceptors (Lipinski definition) is 4. The lowest BCUT2D eigenvalue weighted by Crippen LogP contribution is -2.38. The molecular formula is C17H20N2O4. The van der Waals surface area contributed by atoms with Crippen LogP contribution in [0.3, 0.4) is 0 Å². The predicted octanol–water partition coefficient (Wildman–Crippen LogP) is 2.83. The molecule has 6 heteroatoms. The molecule has 0 spiro atoms. The number of carboxylic acid groups (broad SMARTS) is 1. The minimum absolute atomic E-state index is 0.0887. The Morgan fingerprint density at radius 2 is 1.91 bits per heavy atom. The van der Waals surface area contributed by atoms with Crippen LogP contribution >= 0.6 is 0 Å². The van der Waals surface area contributed by atoms with Crippen LogP contribution in [0.25, 0.3) is 11.5 Å². The zero-order chi connectivity index (χ0) is 17.0. The van der Waals surface area contributed by atoms with Gasteiger partial charge in [0.05, 0.1) is 5.69 Å². The lowest BCUT2D eigenvalue weighted by atomic mass is 10.2. The first-order valence-corrected chi connectivity index (χ1v) is 7.42. The highest BCUT2D eigenvalue weighted by Crippen LogP contribution is 2.22. The standard InChI is InChI=1S/C17H20N2O4/c1-11(2)9-19(10-14(20)21)17(22)15-12(3)18-16(23-15)13-7-5-4-6-8-13/h4-8,11H,9-10H2,1-3H3,(H,20,21). The van der Waals surface area contributed by atoms with Crippen molar-refractivity contribution in [2.45, 2.75) is 20.8 Å². The molecule has 1 heterocycles. The van der Waals surface area contributed by atoms with Gasteiger partial charge in [-0.05, 0) is 25.0 Å². The van der Waals surface area contributed by atoms with Gasteiger partial charge >= 0.3 is 5.97 Å². The van der Waals surface area contributed by atoms with Crippen molar-refractivity contribution >= 4 is 11.9 Å². The fraction of sp³-hybridized carbons (Fsp3) is 0.353. The summed E-state index contributed by atoms with van der Waals surface area (Å²) in [5.74, 6) is -0.917. The lowest BCUT2D eigenvalue weighted by Gasteiger charge is -2.21. The van der Waals surface area contributed by atoms with Crippen LogP contribution in [0.15, 0.2) is 34.7 Å². The van der Waals surface area contributed by atoms with Gasteiger partial charge in [-0.2, -0.15) is 0 Å². The maximum Gasteiger partial charge on any atom is 0.323 e. The molecule has 0 aliphatic carbocycles. The van der Waals surface area contributed by atoms with Gasteiger partial charge in [0, 0.05) is 12.1 Å². The molecule has 23 heavy (non-hydrogen) atoms. The number of oxazole rings is 1. The first-order valence-electron chi connectivity index (χ1n) is 7.42. The Balaban J connectivity index is 2.30. The molecule has 0 radical (unpaired) electrons. The second-order valence-electron chi connectivity index (χ2n) is 5.77. The van der Waals surface area contributed by atoms with E-state index in [1.807, 2.05) is 44.2 Å². The van der Waals surface area contributed by atoms with Crippen LogP contribution in [0, 0.1) is 12.8 Å². The number of aryl methyl sites for hydroxylation is 1. The van der Waals surface area contributed by atoms with E-state index < -0.39 is 11.9 Å². The minimum Gasteiger partial charge on any atom is -0.480 e. The van der Waals surface area contributed by atoms with Crippen LogP contribution in [0.5, 0.6) is 0 Å². The van der Waals surface area contributed by atoms with Crippen LogP contribution in [0.4, 0.5) is 0 Å². The minimum atomic E-state index is -1.06. The molecule has 2 rings (SSSR count). The molecule has 1 aromatic carbocycles. The average molecular weight is 316 g/mol. The van der Waals surface area contributed by atoms with Crippen molar-refractivity contribution in [1.82, 2.24) is 9.88 Å². The second kappa shape index (κ2) is 7.09. The van der Waals surface area contributed by atoms with E-state index in [-0.39, 0.29) is 18.2 Å². The van der Waals surface area contributed by atoms with Crippen molar-refractivity contribution in [1.29, 1.82) is 0 Å². The third kappa shape index (κ3) is 4.18. The molecule has 0 atom stereocenters. The Labute approximate surface area is 134 Å². The molecule has 1 amide bonds. The van der Waals surface area contributed by atoms with E-state index in [9.17, 15) is 9.59 Å². The van der Waals surface area contributed by atoms with Crippen molar-refractivity contribution in [3.05, 3.63) is 41.8 Å². The molecule has 0 saturated carbocycles. The first kappa shape index (κ1) is 16.7. The fourth-order valence-electron chi connectivity index (χ4n) is 2.27. The van der Waals surface area contributed by atoms with Crippen LogP contribution < -0.4 is 0 Å². The summed E-state index contributed by atoms with van der Waals surface area (Å²) < 4.78 is 5.61. The molecule has 0 aliphatic heterocycles. The molecule has 0 unspecified atom stereocenters. The van der Waals surface area contributed by atoms with E-state index in [0.717, 1.165) is 5.56 Å². The number of carboxylic acids is 1. The fourth-order valence-corrected chi connectivity index (χ4v) is 2.27. The third-order valence-corrected chi connectivity index (χ3v) is 3.21. The second-order valence-corrected chi connectivity index (χ2v) is 5.77. The zero-order valence-corrected chi connectivity index (χ0v) is 13.4. The van der Waals surface area contributed by atoms with Gasteiger partial charge < -0.3 is 14.4 Å². The molecule has 1 aromatic heterocycles. The summed E-state index contributed by atoms with van der Waals surface area (Å²) in [4.78, 5) is 29.2. The maximum absolute atomic E-state index is 12.6. The van der Waals surface area contributed by atoms with Crippen molar-refractivity contribution in [2.75, 3.05) is 13.1 Å². The van der Waals surface area contributed by atoms with Crippen LogP contribution in [0.1, 0.15) is 30.1 Å². The molecule has 0 aliphatic rings. The number of aromatic nitrogens is 1. The van der Waals surface area contributed by atoms with Crippen molar-refractivity contribution in [3.63, 3.8) is 0 Å². The lowest BCUT2D eigenvalue weighted by molar-refractivity contribution is -0.137. The van der Waals surface area contributed by atoms with Gasteiger partial charge in [-0.1, -0.05) is 32.0 Å². The molecule has 6 nitrogen and oxygen atoms in total. The summed E-state index contributed by atoms with van der Waals surface area (Å²) in [6.07, 6.45) is 0. The Bertz CT molecular complexity index is 692. The van der Waals surface area contributed by atoms with Crippen molar-refractivity contribution in [3.8, 4) is 11.5 Å². The van der Waals surface area contributed by atoms with Gasteiger partial charge in [0.15, 0.2) is 0 Å². The van der Waals surface area contributed by atoms with Gasteiger partial charge in [-0.3, -0.25) is 9.59 Å². The van der Waals surface area contributed by atoms with E-state index in [1.54, 1.807) is 6.92 Å². The average Bonchev–Trinajstić information content (AvgIpc) is 2.88. The van der Waals surface area contributed by atoms with E-state index in [4.69, 9.17) is 9.52 Å². The largest absolute Gasteiger partial charge is 0.480 e. The Kier molecular flexibility index (Phi) is 5.16. The third-order valence-electron chi connectivity index (χ3n) is 3.21. The SMILES string of the molecule is Cc1nc(-c2ccccc2)oc1C(=O)N(CC(=O)O)CC(C)C. The van der Waals surface area contributed by atoms with Crippen LogP contribution in [-0.4, -0.2) is 40.0 Å². The van der Waals surface area contributed by atoms with Gasteiger partial charge in [0.1, 0.15) is 6.54 Å². The molecule has 0 bridgehead atoms. The molecule has 2 aromatic rings. The Hall–Kier alpha value is -2.63. The summed E-state index contributed by atoms with van der Waals surface area (Å²) in [7, 11) is 0. The van der Waals surface area contributed by atoms with Crippen molar-refractivity contribution in [2.24, 2.45) is 5.92 Å². The van der Waals surface area contributed by atoms with Gasteiger partial charge in [0.25, 0.3) is 5.91 Å². The van der Waals surface area contributed by atoms with Gasteiger partial charge in [-0.25, -0.2) is 4.98 Å². The summed E-state index contributed by atoms with van der Waals surface area (Å²) >= 11 is 0. The number of benzene rings is 1. The van der Waals surface area contributed by atoms with Crippen molar-refractivity contribution < 1.29 is 19.1 Å². The number of nitrogens with zero attached hydrogens (tertiary/aromatic N) is 2. The molecule has 0 saturated heterocycles. The van der Waals surface area contributed by atoms with E-state index in [2.05, 4.69) is 4.98 Å². The maximum atomic E-state index is 12.6.